The van der Waals surface area contributed by atoms with Crippen molar-refractivity contribution >= 4 is 39.4 Å². The van der Waals surface area contributed by atoms with E-state index in [0.29, 0.717) is 35.4 Å². The molecule has 0 aromatic heterocycles. The number of ketones is 1. The third kappa shape index (κ3) is 4.39. The van der Waals surface area contributed by atoms with Crippen molar-refractivity contribution in [2.45, 2.75) is 19.8 Å². The zero-order valence-corrected chi connectivity index (χ0v) is 16.5. The third-order valence-electron chi connectivity index (χ3n) is 4.29. The minimum Gasteiger partial charge on any atom is -0.503 e. The van der Waals surface area contributed by atoms with Gasteiger partial charge in [-0.25, -0.2) is 0 Å². The summed E-state index contributed by atoms with van der Waals surface area (Å²) >= 11 is 3.29. The Hall–Kier alpha value is -2.60. The Kier molecular flexibility index (Phi) is 5.96. The van der Waals surface area contributed by atoms with Gasteiger partial charge in [-0.05, 0) is 65.2 Å². The Morgan fingerprint density at radius 1 is 1.33 bits per heavy atom. The molecule has 0 aliphatic carbocycles. The first kappa shape index (κ1) is 19.2. The maximum absolute atomic E-state index is 12.5. The van der Waals surface area contributed by atoms with E-state index in [-0.39, 0.29) is 17.4 Å². The molecule has 1 saturated heterocycles. The molecular formula is C21H20BrNO4. The summed E-state index contributed by atoms with van der Waals surface area (Å²) in [6, 6.07) is 10.5. The summed E-state index contributed by atoms with van der Waals surface area (Å²) in [4.78, 5) is 26.2. The van der Waals surface area contributed by atoms with Crippen LogP contribution < -0.4 is 9.64 Å². The van der Waals surface area contributed by atoms with Gasteiger partial charge in [0.25, 0.3) is 0 Å². The number of ether oxygens (including phenoxy) is 1. The van der Waals surface area contributed by atoms with Gasteiger partial charge < -0.3 is 14.7 Å². The molecule has 0 atom stereocenters. The molecule has 1 fully saturated rings. The number of nitrogens with zero attached hydrogens (tertiary/aromatic N) is 1. The van der Waals surface area contributed by atoms with Gasteiger partial charge in [-0.3, -0.25) is 9.59 Å². The van der Waals surface area contributed by atoms with Crippen LogP contribution in [0.25, 0.3) is 6.08 Å². The Morgan fingerprint density at radius 2 is 2.15 bits per heavy atom. The van der Waals surface area contributed by atoms with Gasteiger partial charge in [0.2, 0.25) is 5.91 Å². The molecular weight excluding hydrogens is 410 g/mol. The maximum atomic E-state index is 12.5. The van der Waals surface area contributed by atoms with Gasteiger partial charge in [-0.15, -0.1) is 0 Å². The summed E-state index contributed by atoms with van der Waals surface area (Å²) < 4.78 is 5.89. The summed E-state index contributed by atoms with van der Waals surface area (Å²) in [5.41, 5.74) is 2.00. The van der Waals surface area contributed by atoms with Crippen LogP contribution in [0.15, 0.2) is 46.9 Å². The standard InChI is InChI=1S/C21H20BrNO4/c1-2-27-19-12-14(11-17(22)21(19)26)8-9-18(24)15-5-3-6-16(13-15)23-10-4-7-20(23)25/h3,5-6,8-9,11-13,26H,2,4,7,10H2,1H3/b9-8+. The summed E-state index contributed by atoms with van der Waals surface area (Å²) in [5.74, 6) is 0.315. The lowest BCUT2D eigenvalue weighted by Gasteiger charge is -2.16. The largest absolute Gasteiger partial charge is 0.503 e. The fourth-order valence-electron chi connectivity index (χ4n) is 2.97. The number of amides is 1. The monoisotopic (exact) mass is 429 g/mol. The van der Waals surface area contributed by atoms with Crippen LogP contribution in [0.1, 0.15) is 35.7 Å². The molecule has 1 aliphatic heterocycles. The molecule has 27 heavy (non-hydrogen) atoms. The molecule has 2 aromatic carbocycles. The molecule has 0 radical (unpaired) electrons. The predicted octanol–water partition coefficient (Wildman–Crippen LogP) is 4.58. The van der Waals surface area contributed by atoms with Crippen molar-refractivity contribution in [2.24, 2.45) is 0 Å². The average molecular weight is 430 g/mol. The number of carbonyl (C=O) groups is 2. The van der Waals surface area contributed by atoms with Crippen molar-refractivity contribution in [2.75, 3.05) is 18.1 Å². The number of anilines is 1. The molecule has 1 heterocycles. The van der Waals surface area contributed by atoms with Crippen LogP contribution in [0.4, 0.5) is 5.69 Å². The number of rotatable bonds is 6. The third-order valence-corrected chi connectivity index (χ3v) is 4.90. The van der Waals surface area contributed by atoms with Crippen molar-refractivity contribution in [1.82, 2.24) is 0 Å². The average Bonchev–Trinajstić information content (AvgIpc) is 3.10. The van der Waals surface area contributed by atoms with E-state index in [1.165, 1.54) is 6.08 Å². The highest BCUT2D eigenvalue weighted by molar-refractivity contribution is 9.10. The van der Waals surface area contributed by atoms with Gasteiger partial charge >= 0.3 is 0 Å². The molecule has 1 N–H and O–H groups in total. The number of phenols is 1. The smallest absolute Gasteiger partial charge is 0.227 e. The fourth-order valence-corrected chi connectivity index (χ4v) is 3.43. The van der Waals surface area contributed by atoms with Crippen LogP contribution in [0.5, 0.6) is 11.5 Å². The molecule has 3 rings (SSSR count). The lowest BCUT2D eigenvalue weighted by Crippen LogP contribution is -2.23. The number of carbonyl (C=O) groups excluding carboxylic acids is 2. The predicted molar refractivity (Wildman–Crippen MR) is 108 cm³/mol. The van der Waals surface area contributed by atoms with Crippen LogP contribution in [0.2, 0.25) is 0 Å². The number of halogens is 1. The number of benzene rings is 2. The van der Waals surface area contributed by atoms with Crippen LogP contribution in [0, 0.1) is 0 Å². The number of hydrogen-bond donors (Lipinski definition) is 1. The van der Waals surface area contributed by atoms with Crippen molar-refractivity contribution in [3.8, 4) is 11.5 Å². The van der Waals surface area contributed by atoms with E-state index in [0.717, 1.165) is 17.7 Å². The summed E-state index contributed by atoms with van der Waals surface area (Å²) in [7, 11) is 0. The zero-order valence-electron chi connectivity index (χ0n) is 14.9. The van der Waals surface area contributed by atoms with Gasteiger partial charge in [0.15, 0.2) is 17.3 Å². The van der Waals surface area contributed by atoms with E-state index in [1.54, 1.807) is 41.3 Å². The van der Waals surface area contributed by atoms with Gasteiger partial charge in [0.05, 0.1) is 11.1 Å². The van der Waals surface area contributed by atoms with Gasteiger partial charge in [0, 0.05) is 24.2 Å². The van der Waals surface area contributed by atoms with Gasteiger partial charge in [0.1, 0.15) is 0 Å². The van der Waals surface area contributed by atoms with E-state index in [4.69, 9.17) is 4.74 Å². The Labute approximate surface area is 166 Å². The second kappa shape index (κ2) is 8.39. The number of aromatic hydroxyl groups is 1. The Balaban J connectivity index is 1.80. The highest BCUT2D eigenvalue weighted by atomic mass is 79.9. The molecule has 0 unspecified atom stereocenters. The minimum absolute atomic E-state index is 0.0308. The molecule has 0 saturated carbocycles. The SMILES string of the molecule is CCOc1cc(/C=C/C(=O)c2cccc(N3CCCC3=O)c2)cc(Br)c1O. The van der Waals surface area contributed by atoms with E-state index in [2.05, 4.69) is 15.9 Å². The summed E-state index contributed by atoms with van der Waals surface area (Å²) in [6.07, 6.45) is 4.53. The first-order chi connectivity index (χ1) is 13.0. The van der Waals surface area contributed by atoms with Crippen molar-refractivity contribution in [3.63, 3.8) is 0 Å². The molecule has 0 spiro atoms. The zero-order chi connectivity index (χ0) is 19.4. The van der Waals surface area contributed by atoms with E-state index < -0.39 is 0 Å². The van der Waals surface area contributed by atoms with Crippen molar-refractivity contribution in [3.05, 3.63) is 58.1 Å². The number of hydrogen-bond acceptors (Lipinski definition) is 4. The van der Waals surface area contributed by atoms with E-state index >= 15 is 0 Å². The topological polar surface area (TPSA) is 66.8 Å². The second-order valence-corrected chi connectivity index (χ2v) is 7.03. The number of allylic oxidation sites excluding steroid dienone is 1. The first-order valence-electron chi connectivity index (χ1n) is 8.77. The van der Waals surface area contributed by atoms with E-state index in [1.807, 2.05) is 13.0 Å². The summed E-state index contributed by atoms with van der Waals surface area (Å²) in [6.45, 7) is 2.94. The lowest BCUT2D eigenvalue weighted by atomic mass is 10.1. The molecule has 0 bridgehead atoms. The molecule has 1 amide bonds. The normalized spacial score (nSPS) is 14.1. The number of phenolic OH excluding ortho intramolecular Hbond substituents is 1. The van der Waals surface area contributed by atoms with Crippen LogP contribution in [-0.4, -0.2) is 29.9 Å². The quantitative estimate of drug-likeness (QED) is 0.539. The van der Waals surface area contributed by atoms with Crippen molar-refractivity contribution < 1.29 is 19.4 Å². The highest BCUT2D eigenvalue weighted by Gasteiger charge is 2.22. The molecule has 140 valence electrons. The van der Waals surface area contributed by atoms with Crippen LogP contribution in [0.3, 0.4) is 0 Å². The lowest BCUT2D eigenvalue weighted by molar-refractivity contribution is -0.117. The first-order valence-corrected chi connectivity index (χ1v) is 9.57. The van der Waals surface area contributed by atoms with E-state index in [9.17, 15) is 14.7 Å². The fraction of sp³-hybridized carbons (Fsp3) is 0.238. The minimum atomic E-state index is -0.161. The van der Waals surface area contributed by atoms with Crippen LogP contribution in [-0.2, 0) is 4.79 Å². The Morgan fingerprint density at radius 3 is 2.85 bits per heavy atom. The second-order valence-electron chi connectivity index (χ2n) is 6.18. The summed E-state index contributed by atoms with van der Waals surface area (Å²) in [5, 5.41) is 9.97. The van der Waals surface area contributed by atoms with Crippen LogP contribution >= 0.6 is 15.9 Å². The van der Waals surface area contributed by atoms with Gasteiger partial charge in [-0.2, -0.15) is 0 Å². The molecule has 2 aromatic rings. The maximum Gasteiger partial charge on any atom is 0.227 e. The van der Waals surface area contributed by atoms with Gasteiger partial charge in [-0.1, -0.05) is 18.2 Å². The molecule has 5 nitrogen and oxygen atoms in total. The Bertz CT molecular complexity index is 907. The van der Waals surface area contributed by atoms with Crippen molar-refractivity contribution in [1.29, 1.82) is 0 Å². The molecule has 1 aliphatic rings. The molecule has 6 heteroatoms. The highest BCUT2D eigenvalue weighted by Crippen LogP contribution is 2.36.